The van der Waals surface area contributed by atoms with E-state index in [1.165, 1.54) is 27.2 Å². The number of fused-ring (bicyclic) bond motifs is 8. The molecule has 5 heterocycles. The fourth-order valence-electron chi connectivity index (χ4n) is 8.16. The number of aromatic nitrogens is 3. The zero-order valence-corrected chi connectivity index (χ0v) is 28.4. The van der Waals surface area contributed by atoms with E-state index in [9.17, 15) is 0 Å². The van der Waals surface area contributed by atoms with Gasteiger partial charge in [-0.1, -0.05) is 72.8 Å². The van der Waals surface area contributed by atoms with Crippen LogP contribution >= 0.6 is 0 Å². The summed E-state index contributed by atoms with van der Waals surface area (Å²) in [6.45, 7) is 0.723. The predicted molar refractivity (Wildman–Crippen MR) is 212 cm³/mol. The number of hydrogen-bond acceptors (Lipinski definition) is 5. The summed E-state index contributed by atoms with van der Waals surface area (Å²) in [5.74, 6) is 2.76. The van der Waals surface area contributed by atoms with Crippen molar-refractivity contribution in [1.82, 2.24) is 19.0 Å². The first-order chi connectivity index (χ1) is 25.7. The number of anilines is 4. The van der Waals surface area contributed by atoms with Crippen LogP contribution in [-0.2, 0) is 0 Å². The molecular weight excluding hydrogens is 641 g/mol. The second-order valence-corrected chi connectivity index (χ2v) is 13.5. The lowest BCUT2D eigenvalue weighted by atomic mass is 10.1. The summed E-state index contributed by atoms with van der Waals surface area (Å²) in [5, 5.41) is 4.83. The highest BCUT2D eigenvalue weighted by Gasteiger charge is 2.29. The molecule has 3 aromatic heterocycles. The van der Waals surface area contributed by atoms with Gasteiger partial charge in [0.05, 0.1) is 34.6 Å². The molecule has 0 saturated carbocycles. The summed E-state index contributed by atoms with van der Waals surface area (Å²) in [5.41, 5.74) is 9.58. The summed E-state index contributed by atoms with van der Waals surface area (Å²) < 4.78 is 11.2. The van der Waals surface area contributed by atoms with Crippen LogP contribution in [0.15, 0.2) is 164 Å². The zero-order chi connectivity index (χ0) is 34.3. The monoisotopic (exact) mass is 672 g/mol. The van der Waals surface area contributed by atoms with Crippen molar-refractivity contribution in [2.75, 3.05) is 23.5 Å². The predicted octanol–water partition coefficient (Wildman–Crippen LogP) is 11.0. The van der Waals surface area contributed by atoms with Gasteiger partial charge in [0, 0.05) is 58.1 Å². The number of pyridine rings is 1. The number of rotatable bonds is 4. The van der Waals surface area contributed by atoms with Gasteiger partial charge in [0.2, 0.25) is 0 Å². The topological polar surface area (TPSA) is 41.7 Å². The van der Waals surface area contributed by atoms with E-state index < -0.39 is 0 Å². The van der Waals surface area contributed by atoms with E-state index in [0.29, 0.717) is 0 Å². The lowest BCUT2D eigenvalue weighted by Crippen LogP contribution is -2.24. The van der Waals surface area contributed by atoms with Crippen LogP contribution < -0.4 is 14.5 Å². The van der Waals surface area contributed by atoms with Gasteiger partial charge in [0.25, 0.3) is 0 Å². The molecule has 6 aromatic carbocycles. The van der Waals surface area contributed by atoms with Gasteiger partial charge in [-0.2, -0.15) is 0 Å². The summed E-state index contributed by atoms with van der Waals surface area (Å²) in [6.07, 6.45) is 4.14. The average molecular weight is 673 g/mol. The van der Waals surface area contributed by atoms with Crippen LogP contribution in [0.3, 0.4) is 0 Å². The molecule has 248 valence electrons. The molecule has 0 radical (unpaired) electrons. The van der Waals surface area contributed by atoms with E-state index in [0.717, 1.165) is 69.0 Å². The van der Waals surface area contributed by atoms with E-state index >= 15 is 0 Å². The lowest BCUT2D eigenvalue weighted by Gasteiger charge is -2.33. The molecule has 0 bridgehead atoms. The molecule has 9 aromatic rings. The summed E-state index contributed by atoms with van der Waals surface area (Å²) in [7, 11) is 2.17. The Balaban J connectivity index is 1.05. The quantitative estimate of drug-likeness (QED) is 0.186. The molecule has 11 rings (SSSR count). The van der Waals surface area contributed by atoms with Crippen LogP contribution in [0.2, 0.25) is 0 Å². The Morgan fingerprint density at radius 1 is 0.519 bits per heavy atom. The van der Waals surface area contributed by atoms with Crippen molar-refractivity contribution in [1.29, 1.82) is 0 Å². The first-order valence-electron chi connectivity index (χ1n) is 17.6. The number of para-hydroxylation sites is 5. The summed E-state index contributed by atoms with van der Waals surface area (Å²) in [4.78, 5) is 11.8. The first kappa shape index (κ1) is 28.8. The van der Waals surface area contributed by atoms with E-state index in [-0.39, 0.29) is 0 Å². The molecular formula is C45H32N6O. The Bertz CT molecular complexity index is 2810. The highest BCUT2D eigenvalue weighted by Crippen LogP contribution is 2.51. The fourth-order valence-corrected chi connectivity index (χ4v) is 8.16. The van der Waals surface area contributed by atoms with Gasteiger partial charge in [0.1, 0.15) is 11.5 Å². The van der Waals surface area contributed by atoms with Crippen LogP contribution in [0.5, 0.6) is 11.5 Å². The maximum Gasteiger partial charge on any atom is 0.151 e. The minimum Gasteiger partial charge on any atom is -0.453 e. The first-order valence-corrected chi connectivity index (χ1v) is 17.6. The molecule has 2 aliphatic rings. The standard InChI is InChI=1S/C45H32N6O/c1-47-29-48(28-44(47)51-38-19-6-2-14-33(38)34-15-3-7-20-39(34)51)30-12-10-13-31(26-30)49-40-21-8-9-22-42(40)52-43-24-23-32(27-41(43)49)50-37-18-5-4-16-35(37)36-17-11-25-46-45(36)50/h2-28H,29H2,1H3. The maximum absolute atomic E-state index is 6.55. The summed E-state index contributed by atoms with van der Waals surface area (Å²) >= 11 is 0. The van der Waals surface area contributed by atoms with Crippen molar-refractivity contribution < 1.29 is 4.74 Å². The molecule has 0 atom stereocenters. The minimum absolute atomic E-state index is 0.723. The Kier molecular flexibility index (Phi) is 6.10. The van der Waals surface area contributed by atoms with Crippen LogP contribution in [0.1, 0.15) is 0 Å². The minimum atomic E-state index is 0.723. The van der Waals surface area contributed by atoms with E-state index in [1.54, 1.807) is 0 Å². The SMILES string of the molecule is CN1CN(c2cccc(N3c4ccccc4Oc4ccc(-n5c6ccccc6c6cccnc65)cc43)c2)C=C1n1c2ccccc2c2ccccc21. The number of benzene rings is 6. The normalized spacial score (nSPS) is 13.9. The van der Waals surface area contributed by atoms with Crippen LogP contribution in [0.25, 0.3) is 55.3 Å². The Morgan fingerprint density at radius 3 is 1.94 bits per heavy atom. The van der Waals surface area contributed by atoms with E-state index in [4.69, 9.17) is 9.72 Å². The molecule has 52 heavy (non-hydrogen) atoms. The van der Waals surface area contributed by atoms with Crippen molar-refractivity contribution >= 4 is 72.3 Å². The van der Waals surface area contributed by atoms with E-state index in [1.807, 2.05) is 24.4 Å². The highest BCUT2D eigenvalue weighted by atomic mass is 16.5. The smallest absolute Gasteiger partial charge is 0.151 e. The molecule has 0 unspecified atom stereocenters. The van der Waals surface area contributed by atoms with Crippen LogP contribution in [0.4, 0.5) is 22.7 Å². The average Bonchev–Trinajstić information content (AvgIpc) is 3.86. The largest absolute Gasteiger partial charge is 0.453 e. The van der Waals surface area contributed by atoms with Crippen molar-refractivity contribution in [2.24, 2.45) is 0 Å². The molecule has 7 heteroatoms. The second-order valence-electron chi connectivity index (χ2n) is 13.5. The molecule has 2 aliphatic heterocycles. The summed E-state index contributed by atoms with van der Waals surface area (Å²) in [6, 6.07) is 53.5. The maximum atomic E-state index is 6.55. The Morgan fingerprint density at radius 2 is 1.15 bits per heavy atom. The lowest BCUT2D eigenvalue weighted by molar-refractivity contribution is 0.477. The third-order valence-corrected chi connectivity index (χ3v) is 10.5. The van der Waals surface area contributed by atoms with Gasteiger partial charge in [-0.15, -0.1) is 0 Å². The van der Waals surface area contributed by atoms with E-state index in [2.05, 4.69) is 171 Å². The van der Waals surface area contributed by atoms with Crippen molar-refractivity contribution in [2.45, 2.75) is 0 Å². The van der Waals surface area contributed by atoms with Crippen LogP contribution in [0, 0.1) is 0 Å². The second kappa shape index (κ2) is 11.0. The van der Waals surface area contributed by atoms with Gasteiger partial charge < -0.3 is 19.4 Å². The molecule has 0 fully saturated rings. The molecule has 7 nitrogen and oxygen atoms in total. The van der Waals surface area contributed by atoms with Crippen molar-refractivity contribution in [3.8, 4) is 17.2 Å². The molecule has 0 aliphatic carbocycles. The molecule has 0 spiro atoms. The Hall–Kier alpha value is -6.99. The zero-order valence-electron chi connectivity index (χ0n) is 28.4. The van der Waals surface area contributed by atoms with Crippen molar-refractivity contribution in [3.63, 3.8) is 0 Å². The van der Waals surface area contributed by atoms with Gasteiger partial charge in [-0.3, -0.25) is 9.13 Å². The third-order valence-electron chi connectivity index (χ3n) is 10.5. The third kappa shape index (κ3) is 4.16. The van der Waals surface area contributed by atoms with Gasteiger partial charge in [0.15, 0.2) is 11.5 Å². The number of hydrogen-bond donors (Lipinski definition) is 0. The fraction of sp³-hybridized carbons (Fsp3) is 0.0444. The molecule has 0 saturated heterocycles. The number of nitrogens with zero attached hydrogens (tertiary/aromatic N) is 6. The van der Waals surface area contributed by atoms with Crippen molar-refractivity contribution in [3.05, 3.63) is 164 Å². The van der Waals surface area contributed by atoms with Gasteiger partial charge >= 0.3 is 0 Å². The number of ether oxygens (including phenoxy) is 1. The highest BCUT2D eigenvalue weighted by molar-refractivity contribution is 6.10. The molecule has 0 amide bonds. The Labute approximate surface area is 300 Å². The van der Waals surface area contributed by atoms with Gasteiger partial charge in [-0.05, 0) is 78.9 Å². The van der Waals surface area contributed by atoms with Gasteiger partial charge in [-0.25, -0.2) is 4.98 Å². The van der Waals surface area contributed by atoms with Crippen LogP contribution in [-0.4, -0.2) is 32.7 Å². The molecule has 0 N–H and O–H groups in total.